The van der Waals surface area contributed by atoms with Crippen molar-refractivity contribution in [1.82, 2.24) is 15.5 Å². The molecule has 340 valence electrons. The van der Waals surface area contributed by atoms with Crippen LogP contribution in [0.4, 0.5) is 5.69 Å². The number of nitrogens with two attached hydrogens (primary N) is 1. The summed E-state index contributed by atoms with van der Waals surface area (Å²) in [5, 5.41) is 26.8. The van der Waals surface area contributed by atoms with E-state index in [1.807, 2.05) is 13.8 Å². The number of amides is 4. The minimum Gasteiger partial charge on any atom is -0.478 e. The van der Waals surface area contributed by atoms with E-state index in [2.05, 4.69) is 17.2 Å². The summed E-state index contributed by atoms with van der Waals surface area (Å²) < 4.78 is 4.90. The number of ketones is 2. The third-order valence-electron chi connectivity index (χ3n) is 11.4. The zero-order valence-electron chi connectivity index (χ0n) is 36.7. The molecule has 1 heterocycles. The number of nitrogens with one attached hydrogen (secondary N) is 2. The summed E-state index contributed by atoms with van der Waals surface area (Å²) in [6.07, 6.45) is 6.91. The number of esters is 1. The van der Waals surface area contributed by atoms with Crippen LogP contribution in [0.2, 0.25) is 0 Å². The summed E-state index contributed by atoms with van der Waals surface area (Å²) in [5.41, 5.74) is 3.86. The van der Waals surface area contributed by atoms with E-state index in [1.165, 1.54) is 11.0 Å². The highest BCUT2D eigenvalue weighted by atomic mass is 16.6. The van der Waals surface area contributed by atoms with Crippen molar-refractivity contribution in [1.29, 1.82) is 0 Å². The summed E-state index contributed by atoms with van der Waals surface area (Å²) in [6, 6.07) is -0.556. The van der Waals surface area contributed by atoms with Crippen molar-refractivity contribution in [3.8, 4) is 0 Å². The second kappa shape index (κ2) is 22.9. The molecular weight excluding hydrogens is 803 g/mol. The number of hydrogen-bond donors (Lipinski definition) is 4. The number of ether oxygens (including phenoxy) is 1. The number of Topliss-reactive ketones (excluding diaryl/α,β-unsaturated/α-hetero) is 2. The Hall–Kier alpha value is -5.74. The van der Waals surface area contributed by atoms with Crippen LogP contribution in [-0.4, -0.2) is 93.3 Å². The molecule has 4 amide bonds. The zero-order valence-corrected chi connectivity index (χ0v) is 36.7. The lowest BCUT2D eigenvalue weighted by atomic mass is 9.76. The van der Waals surface area contributed by atoms with Crippen LogP contribution in [-0.2, 0) is 33.5 Å². The van der Waals surface area contributed by atoms with Gasteiger partial charge in [0.05, 0.1) is 23.1 Å². The van der Waals surface area contributed by atoms with E-state index in [9.17, 15) is 53.6 Å². The Morgan fingerprint density at radius 2 is 1.69 bits per heavy atom. The molecule has 5 atom stereocenters. The van der Waals surface area contributed by atoms with Gasteiger partial charge in [0.1, 0.15) is 12.1 Å². The molecule has 62 heavy (non-hydrogen) atoms. The molecule has 17 heteroatoms. The molecule has 1 aliphatic carbocycles. The van der Waals surface area contributed by atoms with Gasteiger partial charge in [0.2, 0.25) is 23.6 Å². The molecule has 1 saturated carbocycles. The quantitative estimate of drug-likeness (QED) is 0.0291. The molecule has 1 saturated heterocycles. The Balaban J connectivity index is 1.90. The highest BCUT2D eigenvalue weighted by Crippen LogP contribution is 2.33. The number of carboxylic acid groups (broad SMARTS) is 1. The largest absolute Gasteiger partial charge is 0.478 e. The number of rotatable bonds is 22. The smallest absolute Gasteiger partial charge is 0.336 e. The van der Waals surface area contributed by atoms with Crippen LogP contribution in [0.15, 0.2) is 42.5 Å². The molecule has 0 spiro atoms. The van der Waals surface area contributed by atoms with Gasteiger partial charge in [0.15, 0.2) is 11.6 Å². The Bertz CT molecular complexity index is 1910. The molecule has 0 radical (unpaired) electrons. The van der Waals surface area contributed by atoms with Crippen LogP contribution in [0, 0.1) is 39.2 Å². The molecule has 1 aromatic carbocycles. The molecule has 1 aromatic rings. The molecule has 17 nitrogen and oxygen atoms in total. The number of nitro groups is 1. The Labute approximate surface area is 362 Å². The molecule has 3 rings (SSSR count). The lowest BCUT2D eigenvalue weighted by molar-refractivity contribution is -0.384. The number of nitro benzene ring substituents is 1. The zero-order chi connectivity index (χ0) is 46.5. The Morgan fingerprint density at radius 3 is 2.26 bits per heavy atom. The van der Waals surface area contributed by atoms with Crippen molar-refractivity contribution >= 4 is 52.8 Å². The summed E-state index contributed by atoms with van der Waals surface area (Å²) in [6.45, 7) is 14.7. The fourth-order valence-corrected chi connectivity index (χ4v) is 8.14. The van der Waals surface area contributed by atoms with Gasteiger partial charge in [-0.25, -0.2) is 9.59 Å². The number of non-ortho nitro benzene ring substituents is 1. The maximum Gasteiger partial charge on any atom is 0.336 e. The van der Waals surface area contributed by atoms with Crippen molar-refractivity contribution in [2.24, 2.45) is 34.8 Å². The molecule has 0 unspecified atom stereocenters. The number of nitrogens with zero attached hydrogens (tertiary/aromatic N) is 2. The molecule has 2 fully saturated rings. The van der Waals surface area contributed by atoms with Gasteiger partial charge in [-0.3, -0.25) is 38.9 Å². The van der Waals surface area contributed by atoms with E-state index >= 15 is 0 Å². The molecule has 1 aliphatic heterocycles. The third-order valence-corrected chi connectivity index (χ3v) is 11.4. The Morgan fingerprint density at radius 1 is 1.03 bits per heavy atom. The van der Waals surface area contributed by atoms with Crippen molar-refractivity contribution in [2.75, 3.05) is 13.2 Å². The lowest BCUT2D eigenvalue weighted by Crippen LogP contribution is -2.59. The number of allylic oxidation sites excluding steroid dienone is 1. The van der Waals surface area contributed by atoms with Crippen LogP contribution in [0.25, 0.3) is 0 Å². The van der Waals surface area contributed by atoms with E-state index in [1.54, 1.807) is 27.7 Å². The van der Waals surface area contributed by atoms with E-state index in [4.69, 9.17) is 10.5 Å². The number of carbonyl (C=O) groups is 8. The van der Waals surface area contributed by atoms with Crippen LogP contribution < -0.4 is 16.4 Å². The predicted octanol–water partition coefficient (Wildman–Crippen LogP) is 5.24. The molecule has 5 N–H and O–H groups in total. The van der Waals surface area contributed by atoms with Gasteiger partial charge >= 0.3 is 11.9 Å². The fourth-order valence-electron chi connectivity index (χ4n) is 8.14. The minimum atomic E-state index is -1.59. The summed E-state index contributed by atoms with van der Waals surface area (Å²) >= 11 is 0. The second-order valence-electron chi connectivity index (χ2n) is 17.9. The SMILES string of the molecule is C=C1C[C@@H](C(=O)N[C@@H](CC(C)C)C(=O)C[C@H](C(N)=O)C2CCCCC2)N(C(=O)[C@@H](NC(=O)[C@H](CC/C=C/C(=O)OCC)CC(=O)c2ccc([N+](=O)[O-])cc2C(=O)O)C(C)(C)C)C1. The minimum absolute atomic E-state index is 0.0141. The first kappa shape index (κ1) is 50.6. The number of benzene rings is 1. The summed E-state index contributed by atoms with van der Waals surface area (Å²) in [4.78, 5) is 119. The molecule has 2 aliphatic rings. The van der Waals surface area contributed by atoms with Gasteiger partial charge in [-0.05, 0) is 68.8 Å². The number of carboxylic acids is 1. The van der Waals surface area contributed by atoms with Crippen LogP contribution in [0.3, 0.4) is 0 Å². The normalized spacial score (nSPS) is 17.8. The molecule has 0 aromatic heterocycles. The van der Waals surface area contributed by atoms with E-state index in [-0.39, 0.29) is 68.4 Å². The maximum absolute atomic E-state index is 14.6. The monoisotopic (exact) mass is 865 g/mol. The summed E-state index contributed by atoms with van der Waals surface area (Å²) in [7, 11) is 0. The average Bonchev–Trinajstić information content (AvgIpc) is 3.60. The van der Waals surface area contributed by atoms with Crippen molar-refractivity contribution in [3.05, 3.63) is 63.7 Å². The first-order chi connectivity index (χ1) is 29.0. The molecule has 0 bridgehead atoms. The van der Waals surface area contributed by atoms with Gasteiger partial charge in [-0.15, -0.1) is 0 Å². The van der Waals surface area contributed by atoms with Gasteiger partial charge < -0.3 is 31.1 Å². The average molecular weight is 866 g/mol. The number of hydrogen-bond acceptors (Lipinski definition) is 11. The van der Waals surface area contributed by atoms with Crippen LogP contribution >= 0.6 is 0 Å². The van der Waals surface area contributed by atoms with Gasteiger partial charge in [0.25, 0.3) is 5.69 Å². The van der Waals surface area contributed by atoms with Crippen LogP contribution in [0.1, 0.15) is 133 Å². The van der Waals surface area contributed by atoms with Crippen molar-refractivity contribution in [3.63, 3.8) is 0 Å². The standard InChI is InChI=1S/C45H63N5O12/c1-8-62-38(53)17-13-12-16-29(22-36(51)31-19-18-30(50(60)61)23-33(31)44(58)59)41(55)48-39(45(5,6)7)43(57)49-25-27(4)21-35(49)42(56)47-34(20-26(2)3)37(52)24-32(40(46)54)28-14-10-9-11-15-28/h13,17-19,23,26,28-29,32,34-35,39H,4,8-12,14-16,20-22,24-25H2,1-3,5-7H3,(H2,46,54)(H,47,56)(H,48,55)(H,58,59)/b17-13+/t29-,32+,34+,35+,39-/m1/s1. The lowest BCUT2D eigenvalue weighted by Gasteiger charge is -2.36. The number of aromatic carboxylic acids is 1. The fraction of sp³-hybridized carbons (Fsp3) is 0.600. The van der Waals surface area contributed by atoms with E-state index < -0.39 is 99.3 Å². The van der Waals surface area contributed by atoms with Gasteiger partial charge in [-0.2, -0.15) is 0 Å². The highest BCUT2D eigenvalue weighted by molar-refractivity contribution is 6.07. The topological polar surface area (TPSA) is 262 Å². The first-order valence-corrected chi connectivity index (χ1v) is 21.3. The number of primary amides is 1. The number of carbonyl (C=O) groups excluding carboxylic acids is 7. The summed E-state index contributed by atoms with van der Waals surface area (Å²) in [5.74, 6) is -7.73. The van der Waals surface area contributed by atoms with Crippen LogP contribution in [0.5, 0.6) is 0 Å². The predicted molar refractivity (Wildman–Crippen MR) is 228 cm³/mol. The van der Waals surface area contributed by atoms with Gasteiger partial charge in [0, 0.05) is 55.0 Å². The van der Waals surface area contributed by atoms with E-state index in [0.717, 1.165) is 56.4 Å². The molecular formula is C45H63N5O12. The Kier molecular flexibility index (Phi) is 18.7. The van der Waals surface area contributed by atoms with Gasteiger partial charge in [-0.1, -0.05) is 72.1 Å². The third kappa shape index (κ3) is 14.4. The second-order valence-corrected chi connectivity index (χ2v) is 17.9. The first-order valence-electron chi connectivity index (χ1n) is 21.3. The number of likely N-dealkylation sites (tertiary alicyclic amines) is 1. The van der Waals surface area contributed by atoms with Crippen molar-refractivity contribution in [2.45, 2.75) is 130 Å². The maximum atomic E-state index is 14.6. The van der Waals surface area contributed by atoms with E-state index in [0.29, 0.717) is 5.57 Å². The van der Waals surface area contributed by atoms with Crippen molar-refractivity contribution < 1.29 is 53.1 Å². The highest BCUT2D eigenvalue weighted by Gasteiger charge is 2.44.